The smallest absolute Gasteiger partial charge is 0.203 e. The maximum atomic E-state index is 13.0. The van der Waals surface area contributed by atoms with Gasteiger partial charge in [-0.25, -0.2) is 13.2 Å². The standard InChI is InChI=1S/C18H12BrFOS.C18H12FIOS.C10H7FS/c1-11-2-5-13(19)10-15(11)18(21)17-9-8-16(22-17)12-3-6-14(20)7-4-12;1-11-2-7-14(20)10-15(11)18(21)17-9-8-16(22-17)12-3-5-13(19)6-4-12;11-9-5-3-8(4-6-9)10-2-1-7-12-10/h2*2-10H,1H3;1-7H. The van der Waals surface area contributed by atoms with Crippen molar-refractivity contribution in [3.63, 3.8) is 0 Å². The Labute approximate surface area is 357 Å². The molecule has 10 heteroatoms. The van der Waals surface area contributed by atoms with Gasteiger partial charge in [0.15, 0.2) is 0 Å². The summed E-state index contributed by atoms with van der Waals surface area (Å²) in [5, 5.41) is 2.01. The van der Waals surface area contributed by atoms with Crippen molar-refractivity contribution in [2.75, 3.05) is 0 Å². The first-order valence-corrected chi connectivity index (χ1v) is 21.5. The number of aryl methyl sites for hydroxylation is 2. The van der Waals surface area contributed by atoms with Crippen LogP contribution < -0.4 is 0 Å². The van der Waals surface area contributed by atoms with Crippen LogP contribution in [0.25, 0.3) is 31.3 Å². The Morgan fingerprint density at radius 2 is 0.946 bits per heavy atom. The molecule has 2 nitrogen and oxygen atoms in total. The van der Waals surface area contributed by atoms with E-state index in [0.29, 0.717) is 15.3 Å². The van der Waals surface area contributed by atoms with Crippen molar-refractivity contribution in [3.05, 3.63) is 208 Å². The van der Waals surface area contributed by atoms with Gasteiger partial charge in [-0.3, -0.25) is 9.59 Å². The summed E-state index contributed by atoms with van der Waals surface area (Å²) in [6.45, 7) is 3.87. The maximum absolute atomic E-state index is 13.0. The van der Waals surface area contributed by atoms with E-state index >= 15 is 0 Å². The summed E-state index contributed by atoms with van der Waals surface area (Å²) in [5.41, 5.74) is 6.26. The third-order valence-corrected chi connectivity index (χ3v) is 12.8. The van der Waals surface area contributed by atoms with E-state index < -0.39 is 0 Å². The molecule has 0 saturated heterocycles. The minimum atomic E-state index is -0.263. The summed E-state index contributed by atoms with van der Waals surface area (Å²) in [5.74, 6) is -0.658. The van der Waals surface area contributed by atoms with E-state index in [9.17, 15) is 22.8 Å². The molecule has 0 bridgehead atoms. The molecule has 8 aromatic rings. The summed E-state index contributed by atoms with van der Waals surface area (Å²) >= 11 is 10.1. The van der Waals surface area contributed by atoms with Gasteiger partial charge in [-0.1, -0.05) is 70.5 Å². The van der Waals surface area contributed by atoms with Crippen molar-refractivity contribution in [2.24, 2.45) is 0 Å². The number of hydrogen-bond acceptors (Lipinski definition) is 5. The molecule has 56 heavy (non-hydrogen) atoms. The molecule has 0 aliphatic carbocycles. The van der Waals surface area contributed by atoms with Crippen LogP contribution in [0.15, 0.2) is 155 Å². The van der Waals surface area contributed by atoms with E-state index in [1.54, 1.807) is 47.7 Å². The highest BCUT2D eigenvalue weighted by Crippen LogP contribution is 2.32. The van der Waals surface area contributed by atoms with Gasteiger partial charge in [-0.15, -0.1) is 34.0 Å². The molecular weight excluding hydrogens is 945 g/mol. The molecule has 0 unspecified atom stereocenters. The number of benzene rings is 5. The number of ketones is 2. The first kappa shape index (κ1) is 41.2. The molecule has 0 saturated carbocycles. The molecule has 3 aromatic heterocycles. The number of carbonyl (C=O) groups is 2. The lowest BCUT2D eigenvalue weighted by molar-refractivity contribution is 0.103. The van der Waals surface area contributed by atoms with Crippen LogP contribution in [-0.4, -0.2) is 11.6 Å². The highest BCUT2D eigenvalue weighted by Gasteiger charge is 2.17. The number of rotatable bonds is 7. The average molecular weight is 976 g/mol. The number of hydrogen-bond donors (Lipinski definition) is 0. The second-order valence-corrected chi connectivity index (χ2v) is 17.7. The van der Waals surface area contributed by atoms with E-state index in [1.807, 2.05) is 92.0 Å². The fraction of sp³-hybridized carbons (Fsp3) is 0.0435. The molecule has 3 heterocycles. The predicted octanol–water partition coefficient (Wildman–Crippen LogP) is 15.1. The highest BCUT2D eigenvalue weighted by atomic mass is 127. The molecule has 5 aromatic carbocycles. The van der Waals surface area contributed by atoms with E-state index in [4.69, 9.17) is 0 Å². The van der Waals surface area contributed by atoms with Crippen LogP contribution in [-0.2, 0) is 0 Å². The van der Waals surface area contributed by atoms with Gasteiger partial charge in [-0.05, 0) is 161 Å². The van der Waals surface area contributed by atoms with Crippen molar-refractivity contribution >= 4 is 84.1 Å². The average Bonchev–Trinajstić information content (AvgIpc) is 4.02. The van der Waals surface area contributed by atoms with Gasteiger partial charge in [0.2, 0.25) is 11.6 Å². The van der Waals surface area contributed by atoms with Crippen molar-refractivity contribution < 1.29 is 22.8 Å². The molecule has 8 rings (SSSR count). The normalized spacial score (nSPS) is 10.6. The number of halogens is 5. The third kappa shape index (κ3) is 10.7. The van der Waals surface area contributed by atoms with Gasteiger partial charge in [0.1, 0.15) is 17.5 Å². The maximum Gasteiger partial charge on any atom is 0.203 e. The van der Waals surface area contributed by atoms with Gasteiger partial charge >= 0.3 is 0 Å². The first-order valence-electron chi connectivity index (χ1n) is 17.1. The Balaban J connectivity index is 0.000000149. The third-order valence-electron chi connectivity index (χ3n) is 8.46. The molecule has 0 fully saturated rings. The Kier molecular flexibility index (Phi) is 14.1. The molecule has 0 N–H and O–H groups in total. The summed E-state index contributed by atoms with van der Waals surface area (Å²) in [4.78, 5) is 29.8. The Morgan fingerprint density at radius 3 is 1.39 bits per heavy atom. The predicted molar refractivity (Wildman–Crippen MR) is 239 cm³/mol. The molecule has 280 valence electrons. The largest absolute Gasteiger partial charge is 0.288 e. The van der Waals surface area contributed by atoms with Gasteiger partial charge in [0, 0.05) is 33.8 Å². The number of carbonyl (C=O) groups excluding carboxylic acids is 2. The minimum absolute atomic E-state index is 0.0113. The number of thiophene rings is 3. The summed E-state index contributed by atoms with van der Waals surface area (Å²) < 4.78 is 40.4. The zero-order valence-corrected chi connectivity index (χ0v) is 36.1. The second kappa shape index (κ2) is 19.1. The van der Waals surface area contributed by atoms with E-state index in [2.05, 4.69) is 38.5 Å². The Bertz CT molecular complexity index is 2440. The Hall–Kier alpha value is -4.46. The fourth-order valence-electron chi connectivity index (χ4n) is 5.46. The Morgan fingerprint density at radius 1 is 0.518 bits per heavy atom. The lowest BCUT2D eigenvalue weighted by Gasteiger charge is -2.04. The van der Waals surface area contributed by atoms with Gasteiger partial charge in [-0.2, -0.15) is 0 Å². The van der Waals surface area contributed by atoms with E-state index in [-0.39, 0.29) is 29.0 Å². The van der Waals surface area contributed by atoms with E-state index in [0.717, 1.165) is 51.2 Å². The molecule has 0 atom stereocenters. The zero-order valence-electron chi connectivity index (χ0n) is 29.9. The van der Waals surface area contributed by atoms with Crippen LogP contribution in [0.5, 0.6) is 0 Å². The van der Waals surface area contributed by atoms with Crippen LogP contribution in [0.3, 0.4) is 0 Å². The zero-order chi connectivity index (χ0) is 39.8. The van der Waals surface area contributed by atoms with Crippen LogP contribution in [0.2, 0.25) is 0 Å². The van der Waals surface area contributed by atoms with Crippen LogP contribution in [0, 0.1) is 34.9 Å². The van der Waals surface area contributed by atoms with Gasteiger partial charge in [0.25, 0.3) is 0 Å². The highest BCUT2D eigenvalue weighted by molar-refractivity contribution is 14.1. The SMILES string of the molecule is Cc1ccc(Br)cc1C(=O)c1ccc(-c2ccc(F)cc2)s1.Cc1ccc(I)cc1C(=O)c1ccc(-c2ccc(F)cc2)s1.Fc1ccc(-c2cccs2)cc1. The second-order valence-electron chi connectivity index (χ2n) is 12.4. The summed E-state index contributed by atoms with van der Waals surface area (Å²) in [7, 11) is 0. The molecule has 0 amide bonds. The topological polar surface area (TPSA) is 34.1 Å². The quantitative estimate of drug-likeness (QED) is 0.118. The lowest BCUT2D eigenvalue weighted by atomic mass is 10.0. The van der Waals surface area contributed by atoms with Gasteiger partial charge < -0.3 is 0 Å². The van der Waals surface area contributed by atoms with Crippen molar-refractivity contribution in [1.29, 1.82) is 0 Å². The summed E-state index contributed by atoms with van der Waals surface area (Å²) in [6.07, 6.45) is 0. The van der Waals surface area contributed by atoms with Crippen molar-refractivity contribution in [3.8, 4) is 31.3 Å². The molecule has 0 spiro atoms. The van der Waals surface area contributed by atoms with Crippen molar-refractivity contribution in [1.82, 2.24) is 0 Å². The minimum Gasteiger partial charge on any atom is -0.288 e. The lowest BCUT2D eigenvalue weighted by Crippen LogP contribution is -2.01. The van der Waals surface area contributed by atoms with E-state index in [1.165, 1.54) is 63.9 Å². The molecule has 0 aliphatic rings. The monoisotopic (exact) mass is 974 g/mol. The van der Waals surface area contributed by atoms with Gasteiger partial charge in [0.05, 0.1) is 9.75 Å². The van der Waals surface area contributed by atoms with Crippen LogP contribution in [0.1, 0.15) is 41.6 Å². The molecule has 0 aliphatic heterocycles. The fourth-order valence-corrected chi connectivity index (χ4v) is 8.98. The van der Waals surface area contributed by atoms with Crippen molar-refractivity contribution in [2.45, 2.75) is 13.8 Å². The molecular formula is C46H31BrF3IO2S3. The molecule has 0 radical (unpaired) electrons. The van der Waals surface area contributed by atoms with Crippen LogP contribution >= 0.6 is 72.5 Å². The van der Waals surface area contributed by atoms with Crippen LogP contribution in [0.4, 0.5) is 13.2 Å². The first-order chi connectivity index (χ1) is 26.9. The summed E-state index contributed by atoms with van der Waals surface area (Å²) in [6, 6.07) is 42.2.